The van der Waals surface area contributed by atoms with Crippen LogP contribution in [-0.2, 0) is 4.79 Å². The fraction of sp³-hybridized carbons (Fsp3) is 0.222. The van der Waals surface area contributed by atoms with Crippen LogP contribution in [0.3, 0.4) is 0 Å². The van der Waals surface area contributed by atoms with Gasteiger partial charge in [-0.25, -0.2) is 0 Å². The Labute approximate surface area is 156 Å². The summed E-state index contributed by atoms with van der Waals surface area (Å²) in [5.74, 6) is 0.147. The van der Waals surface area contributed by atoms with Gasteiger partial charge in [-0.3, -0.25) is 9.59 Å². The first-order valence-electron chi connectivity index (χ1n) is 7.48. The number of benzene rings is 2. The molecular formula is C18H19ClN2O3S. The first kappa shape index (κ1) is 19.1. The fourth-order valence-corrected chi connectivity index (χ4v) is 2.56. The predicted molar refractivity (Wildman–Crippen MR) is 102 cm³/mol. The summed E-state index contributed by atoms with van der Waals surface area (Å²) in [6.45, 7) is -0.0320. The second-order valence-electron chi connectivity index (χ2n) is 5.40. The van der Waals surface area contributed by atoms with Crippen molar-refractivity contribution in [1.82, 2.24) is 4.90 Å². The molecule has 0 spiro atoms. The first-order chi connectivity index (χ1) is 11.9. The molecule has 0 saturated carbocycles. The summed E-state index contributed by atoms with van der Waals surface area (Å²) in [5.41, 5.74) is 1.03. The SMILES string of the molecule is CSc1ccc(Cl)c(C(=O)Nc2ccc(OCC(=O)N(C)C)cc2)c1. The second-order valence-corrected chi connectivity index (χ2v) is 6.69. The molecule has 0 aliphatic rings. The summed E-state index contributed by atoms with van der Waals surface area (Å²) in [4.78, 5) is 26.3. The topological polar surface area (TPSA) is 58.6 Å². The molecule has 0 heterocycles. The van der Waals surface area contributed by atoms with Crippen molar-refractivity contribution in [3.05, 3.63) is 53.1 Å². The van der Waals surface area contributed by atoms with Gasteiger partial charge in [0.15, 0.2) is 6.61 Å². The highest BCUT2D eigenvalue weighted by molar-refractivity contribution is 7.98. The van der Waals surface area contributed by atoms with Gasteiger partial charge >= 0.3 is 0 Å². The molecule has 2 aromatic carbocycles. The van der Waals surface area contributed by atoms with E-state index >= 15 is 0 Å². The van der Waals surface area contributed by atoms with Crippen molar-refractivity contribution in [2.45, 2.75) is 4.90 Å². The molecular weight excluding hydrogens is 360 g/mol. The molecule has 0 fully saturated rings. The molecule has 0 radical (unpaired) electrons. The van der Waals surface area contributed by atoms with E-state index in [0.717, 1.165) is 4.90 Å². The molecule has 1 N–H and O–H groups in total. The van der Waals surface area contributed by atoms with Crippen LogP contribution in [-0.4, -0.2) is 43.7 Å². The molecule has 132 valence electrons. The largest absolute Gasteiger partial charge is 0.484 e. The van der Waals surface area contributed by atoms with Crippen LogP contribution in [0.1, 0.15) is 10.4 Å². The normalized spacial score (nSPS) is 10.2. The number of amides is 2. The molecule has 0 bridgehead atoms. The predicted octanol–water partition coefficient (Wildman–Crippen LogP) is 3.78. The number of nitrogens with one attached hydrogen (secondary N) is 1. The molecule has 0 unspecified atom stereocenters. The Balaban J connectivity index is 2.01. The number of anilines is 1. The fourth-order valence-electron chi connectivity index (χ4n) is 1.91. The lowest BCUT2D eigenvalue weighted by Gasteiger charge is -2.12. The van der Waals surface area contributed by atoms with Crippen LogP contribution in [0.4, 0.5) is 5.69 Å². The van der Waals surface area contributed by atoms with Gasteiger partial charge in [0, 0.05) is 24.7 Å². The second kappa shape index (κ2) is 8.78. The molecule has 2 aromatic rings. The highest BCUT2D eigenvalue weighted by atomic mass is 35.5. The van der Waals surface area contributed by atoms with Crippen LogP contribution >= 0.6 is 23.4 Å². The summed E-state index contributed by atoms with van der Waals surface area (Å²) in [7, 11) is 3.34. The Hall–Kier alpha value is -2.18. The van der Waals surface area contributed by atoms with Crippen molar-refractivity contribution in [1.29, 1.82) is 0 Å². The van der Waals surface area contributed by atoms with Crippen LogP contribution in [0, 0.1) is 0 Å². The quantitative estimate of drug-likeness (QED) is 0.777. The number of hydrogen-bond acceptors (Lipinski definition) is 4. The molecule has 0 saturated heterocycles. The van der Waals surface area contributed by atoms with E-state index < -0.39 is 0 Å². The lowest BCUT2D eigenvalue weighted by Crippen LogP contribution is -2.27. The third-order valence-electron chi connectivity index (χ3n) is 3.39. The van der Waals surface area contributed by atoms with Crippen molar-refractivity contribution in [2.24, 2.45) is 0 Å². The number of thioether (sulfide) groups is 1. The molecule has 0 aliphatic heterocycles. The van der Waals surface area contributed by atoms with E-state index in [1.807, 2.05) is 12.3 Å². The van der Waals surface area contributed by atoms with E-state index in [0.29, 0.717) is 22.0 Å². The lowest BCUT2D eigenvalue weighted by atomic mass is 10.2. The van der Waals surface area contributed by atoms with Gasteiger partial charge in [0.25, 0.3) is 11.8 Å². The summed E-state index contributed by atoms with van der Waals surface area (Å²) >= 11 is 7.65. The van der Waals surface area contributed by atoms with Gasteiger partial charge in [0.2, 0.25) is 0 Å². The summed E-state index contributed by atoms with van der Waals surface area (Å²) < 4.78 is 5.40. The molecule has 5 nitrogen and oxygen atoms in total. The van der Waals surface area contributed by atoms with Crippen LogP contribution in [0.2, 0.25) is 5.02 Å². The van der Waals surface area contributed by atoms with Crippen molar-refractivity contribution in [3.63, 3.8) is 0 Å². The van der Waals surface area contributed by atoms with Gasteiger partial charge in [0.1, 0.15) is 5.75 Å². The van der Waals surface area contributed by atoms with Gasteiger partial charge in [-0.2, -0.15) is 0 Å². The number of ether oxygens (including phenoxy) is 1. The minimum Gasteiger partial charge on any atom is -0.484 e. The number of nitrogens with zero attached hydrogens (tertiary/aromatic N) is 1. The van der Waals surface area contributed by atoms with Crippen LogP contribution in [0.25, 0.3) is 0 Å². The minimum atomic E-state index is -0.280. The Morgan fingerprint density at radius 3 is 2.44 bits per heavy atom. The molecule has 2 amide bonds. The van der Waals surface area contributed by atoms with Gasteiger partial charge in [0.05, 0.1) is 10.6 Å². The van der Waals surface area contributed by atoms with E-state index in [9.17, 15) is 9.59 Å². The number of likely N-dealkylation sites (N-methyl/N-ethyl adjacent to an activating group) is 1. The monoisotopic (exact) mass is 378 g/mol. The zero-order valence-electron chi connectivity index (χ0n) is 14.2. The standard InChI is InChI=1S/C18H19ClN2O3S/c1-21(2)17(22)11-24-13-6-4-12(5-7-13)20-18(23)15-10-14(25-3)8-9-16(15)19/h4-10H,11H2,1-3H3,(H,20,23). The van der Waals surface area contributed by atoms with Crippen LogP contribution in [0.15, 0.2) is 47.4 Å². The molecule has 2 rings (SSSR count). The number of hydrogen-bond donors (Lipinski definition) is 1. The van der Waals surface area contributed by atoms with E-state index in [-0.39, 0.29) is 18.4 Å². The average Bonchev–Trinajstić information content (AvgIpc) is 2.61. The lowest BCUT2D eigenvalue weighted by molar-refractivity contribution is -0.130. The van der Waals surface area contributed by atoms with Crippen molar-refractivity contribution in [2.75, 3.05) is 32.3 Å². The van der Waals surface area contributed by atoms with Gasteiger partial charge < -0.3 is 15.0 Å². The maximum atomic E-state index is 12.4. The van der Waals surface area contributed by atoms with Crippen LogP contribution in [0.5, 0.6) is 5.75 Å². The van der Waals surface area contributed by atoms with E-state index in [1.54, 1.807) is 62.3 Å². The van der Waals surface area contributed by atoms with Gasteiger partial charge in [-0.1, -0.05) is 11.6 Å². The highest BCUT2D eigenvalue weighted by Crippen LogP contribution is 2.24. The Morgan fingerprint density at radius 1 is 1.16 bits per heavy atom. The third kappa shape index (κ3) is 5.41. The van der Waals surface area contributed by atoms with E-state index in [1.165, 1.54) is 4.90 Å². The molecule has 7 heteroatoms. The van der Waals surface area contributed by atoms with Gasteiger partial charge in [-0.05, 0) is 48.7 Å². The van der Waals surface area contributed by atoms with Crippen molar-refractivity contribution < 1.29 is 14.3 Å². The molecule has 25 heavy (non-hydrogen) atoms. The third-order valence-corrected chi connectivity index (χ3v) is 4.45. The molecule has 0 aromatic heterocycles. The van der Waals surface area contributed by atoms with E-state index in [2.05, 4.69) is 5.32 Å². The molecule has 0 aliphatic carbocycles. The highest BCUT2D eigenvalue weighted by Gasteiger charge is 2.12. The number of halogens is 1. The maximum Gasteiger partial charge on any atom is 0.259 e. The van der Waals surface area contributed by atoms with E-state index in [4.69, 9.17) is 16.3 Å². The Kier molecular flexibility index (Phi) is 6.73. The number of carbonyl (C=O) groups excluding carboxylic acids is 2. The minimum absolute atomic E-state index is 0.0320. The van der Waals surface area contributed by atoms with Crippen LogP contribution < -0.4 is 10.1 Å². The van der Waals surface area contributed by atoms with Crippen molar-refractivity contribution >= 4 is 40.9 Å². The first-order valence-corrected chi connectivity index (χ1v) is 9.09. The van der Waals surface area contributed by atoms with Crippen molar-refractivity contribution in [3.8, 4) is 5.75 Å². The smallest absolute Gasteiger partial charge is 0.259 e. The Morgan fingerprint density at radius 2 is 1.84 bits per heavy atom. The Bertz CT molecular complexity index is 763. The average molecular weight is 379 g/mol. The van der Waals surface area contributed by atoms with Gasteiger partial charge in [-0.15, -0.1) is 11.8 Å². The zero-order chi connectivity index (χ0) is 18.4. The molecule has 0 atom stereocenters. The summed E-state index contributed by atoms with van der Waals surface area (Å²) in [5, 5.41) is 3.20. The maximum absolute atomic E-state index is 12.4. The zero-order valence-corrected chi connectivity index (χ0v) is 15.8. The number of rotatable bonds is 6. The summed E-state index contributed by atoms with van der Waals surface area (Å²) in [6, 6.07) is 12.1. The number of carbonyl (C=O) groups is 2. The summed E-state index contributed by atoms with van der Waals surface area (Å²) in [6.07, 6.45) is 1.94.